The average Bonchev–Trinajstić information content (AvgIpc) is 2.26. The molecule has 0 spiro atoms. The Hall–Kier alpha value is -1.16. The number of anilines is 1. The number of rotatable bonds is 5. The number of nitrogens with zero attached hydrogens (tertiary/aromatic N) is 3. The minimum absolute atomic E-state index is 0.718. The number of aromatic nitrogens is 2. The maximum absolute atomic E-state index is 5.45. The molecule has 0 bridgehead atoms. The van der Waals surface area contributed by atoms with E-state index in [-0.39, 0.29) is 0 Å². The van der Waals surface area contributed by atoms with Crippen molar-refractivity contribution in [3.05, 3.63) is 18.1 Å². The predicted molar refractivity (Wildman–Crippen MR) is 58.4 cm³/mol. The molecule has 4 heteroatoms. The highest BCUT2D eigenvalue weighted by Crippen LogP contribution is 2.09. The van der Waals surface area contributed by atoms with Crippen LogP contribution in [0.4, 0.5) is 5.82 Å². The zero-order valence-corrected chi connectivity index (χ0v) is 8.90. The molecule has 4 nitrogen and oxygen atoms in total. The van der Waals surface area contributed by atoms with Gasteiger partial charge < -0.3 is 10.6 Å². The quantitative estimate of drug-likeness (QED) is 0.754. The summed E-state index contributed by atoms with van der Waals surface area (Å²) in [7, 11) is 2.03. The average molecular weight is 194 g/mol. The van der Waals surface area contributed by atoms with Crippen LogP contribution in [-0.4, -0.2) is 30.1 Å². The first kappa shape index (κ1) is 10.9. The second kappa shape index (κ2) is 5.54. The smallest absolute Gasteiger partial charge is 0.131 e. The summed E-state index contributed by atoms with van der Waals surface area (Å²) >= 11 is 0. The largest absolute Gasteiger partial charge is 0.360 e. The van der Waals surface area contributed by atoms with Crippen LogP contribution in [0, 0.1) is 0 Å². The predicted octanol–water partition coefficient (Wildman–Crippen LogP) is 0.824. The molecule has 0 amide bonds. The van der Waals surface area contributed by atoms with Gasteiger partial charge in [-0.1, -0.05) is 6.92 Å². The summed E-state index contributed by atoms with van der Waals surface area (Å²) in [5.74, 6) is 0.977. The third kappa shape index (κ3) is 2.96. The normalized spacial score (nSPS) is 10.2. The Morgan fingerprint density at radius 2 is 2.21 bits per heavy atom. The molecule has 1 heterocycles. The first-order valence-corrected chi connectivity index (χ1v) is 5.00. The highest BCUT2D eigenvalue weighted by Gasteiger charge is 2.02. The summed E-state index contributed by atoms with van der Waals surface area (Å²) in [5.41, 5.74) is 6.53. The van der Waals surface area contributed by atoms with Crippen molar-refractivity contribution < 1.29 is 0 Å². The minimum atomic E-state index is 0.718. The highest BCUT2D eigenvalue weighted by atomic mass is 15.2. The Labute approximate surface area is 85.2 Å². The van der Waals surface area contributed by atoms with Crippen LogP contribution in [0.5, 0.6) is 0 Å². The minimum Gasteiger partial charge on any atom is -0.360 e. The second-order valence-corrected chi connectivity index (χ2v) is 3.28. The molecule has 1 aromatic heterocycles. The van der Waals surface area contributed by atoms with Crippen molar-refractivity contribution >= 4 is 5.82 Å². The SMILES string of the molecule is CCc1cc(N(C)CCCN)ncn1. The van der Waals surface area contributed by atoms with Gasteiger partial charge in [0.15, 0.2) is 0 Å². The molecular weight excluding hydrogens is 176 g/mol. The molecule has 0 atom stereocenters. The first-order chi connectivity index (χ1) is 6.77. The summed E-state index contributed by atoms with van der Waals surface area (Å²) < 4.78 is 0. The van der Waals surface area contributed by atoms with Crippen molar-refractivity contribution in [3.8, 4) is 0 Å². The van der Waals surface area contributed by atoms with E-state index >= 15 is 0 Å². The molecule has 0 aliphatic carbocycles. The highest BCUT2D eigenvalue weighted by molar-refractivity contribution is 5.37. The lowest BCUT2D eigenvalue weighted by molar-refractivity contribution is 0.782. The molecule has 0 saturated carbocycles. The van der Waals surface area contributed by atoms with Crippen LogP contribution in [0.2, 0.25) is 0 Å². The van der Waals surface area contributed by atoms with Crippen LogP contribution in [0.1, 0.15) is 19.0 Å². The fourth-order valence-electron chi connectivity index (χ4n) is 1.23. The van der Waals surface area contributed by atoms with Gasteiger partial charge in [0, 0.05) is 25.4 Å². The third-order valence-electron chi connectivity index (χ3n) is 2.16. The fraction of sp³-hybridized carbons (Fsp3) is 0.600. The standard InChI is InChI=1S/C10H18N4/c1-3-9-7-10(13-8-12-9)14(2)6-4-5-11/h7-8H,3-6,11H2,1-2H3. The monoisotopic (exact) mass is 194 g/mol. The van der Waals surface area contributed by atoms with Crippen LogP contribution >= 0.6 is 0 Å². The van der Waals surface area contributed by atoms with Crippen molar-refractivity contribution in [1.82, 2.24) is 9.97 Å². The molecule has 2 N–H and O–H groups in total. The summed E-state index contributed by atoms with van der Waals surface area (Å²) in [6, 6.07) is 2.02. The van der Waals surface area contributed by atoms with Gasteiger partial charge in [0.2, 0.25) is 0 Å². The van der Waals surface area contributed by atoms with E-state index in [1.807, 2.05) is 13.1 Å². The van der Waals surface area contributed by atoms with E-state index in [2.05, 4.69) is 21.8 Å². The molecule has 0 unspecified atom stereocenters. The summed E-state index contributed by atoms with van der Waals surface area (Å²) in [6.07, 6.45) is 3.55. The second-order valence-electron chi connectivity index (χ2n) is 3.28. The molecule has 14 heavy (non-hydrogen) atoms. The number of hydrogen-bond acceptors (Lipinski definition) is 4. The van der Waals surface area contributed by atoms with Gasteiger partial charge in [-0.15, -0.1) is 0 Å². The van der Waals surface area contributed by atoms with Crippen LogP contribution in [0.3, 0.4) is 0 Å². The van der Waals surface area contributed by atoms with Crippen LogP contribution in [0.15, 0.2) is 12.4 Å². The van der Waals surface area contributed by atoms with Gasteiger partial charge in [-0.05, 0) is 19.4 Å². The molecular formula is C10H18N4. The lowest BCUT2D eigenvalue weighted by atomic mass is 10.3. The molecule has 0 saturated heterocycles. The number of aryl methyl sites for hydroxylation is 1. The van der Waals surface area contributed by atoms with E-state index in [1.165, 1.54) is 0 Å². The Bertz CT molecular complexity index is 275. The van der Waals surface area contributed by atoms with Gasteiger partial charge in [0.1, 0.15) is 12.1 Å². The number of hydrogen-bond donors (Lipinski definition) is 1. The molecule has 1 aromatic rings. The summed E-state index contributed by atoms with van der Waals surface area (Å²) in [6.45, 7) is 3.75. The Balaban J connectivity index is 2.64. The summed E-state index contributed by atoms with van der Waals surface area (Å²) in [4.78, 5) is 10.5. The number of nitrogens with two attached hydrogens (primary N) is 1. The maximum atomic E-state index is 5.45. The van der Waals surface area contributed by atoms with Crippen molar-refractivity contribution in [2.75, 3.05) is 25.0 Å². The Morgan fingerprint density at radius 1 is 1.43 bits per heavy atom. The van der Waals surface area contributed by atoms with Gasteiger partial charge in [-0.25, -0.2) is 9.97 Å². The Kier molecular flexibility index (Phi) is 4.32. The lowest BCUT2D eigenvalue weighted by Crippen LogP contribution is -2.22. The molecule has 0 aliphatic rings. The van der Waals surface area contributed by atoms with Gasteiger partial charge in [0.05, 0.1) is 0 Å². The van der Waals surface area contributed by atoms with Crippen LogP contribution in [-0.2, 0) is 6.42 Å². The zero-order chi connectivity index (χ0) is 10.4. The maximum Gasteiger partial charge on any atom is 0.131 e. The Morgan fingerprint density at radius 3 is 2.86 bits per heavy atom. The topological polar surface area (TPSA) is 55.0 Å². The molecule has 0 aromatic carbocycles. The third-order valence-corrected chi connectivity index (χ3v) is 2.16. The van der Waals surface area contributed by atoms with Crippen molar-refractivity contribution in [2.24, 2.45) is 5.73 Å². The van der Waals surface area contributed by atoms with Crippen LogP contribution < -0.4 is 10.6 Å². The lowest BCUT2D eigenvalue weighted by Gasteiger charge is -2.17. The molecule has 0 aliphatic heterocycles. The van der Waals surface area contributed by atoms with Crippen molar-refractivity contribution in [3.63, 3.8) is 0 Å². The first-order valence-electron chi connectivity index (χ1n) is 5.00. The van der Waals surface area contributed by atoms with E-state index in [0.29, 0.717) is 0 Å². The van der Waals surface area contributed by atoms with Gasteiger partial charge >= 0.3 is 0 Å². The van der Waals surface area contributed by atoms with Gasteiger partial charge in [0.25, 0.3) is 0 Å². The summed E-state index contributed by atoms with van der Waals surface area (Å²) in [5, 5.41) is 0. The van der Waals surface area contributed by atoms with E-state index in [0.717, 1.165) is 37.4 Å². The molecule has 1 rings (SSSR count). The fourth-order valence-corrected chi connectivity index (χ4v) is 1.23. The van der Waals surface area contributed by atoms with Crippen LogP contribution in [0.25, 0.3) is 0 Å². The molecule has 78 valence electrons. The van der Waals surface area contributed by atoms with Crippen molar-refractivity contribution in [1.29, 1.82) is 0 Å². The molecule has 0 radical (unpaired) electrons. The zero-order valence-electron chi connectivity index (χ0n) is 8.90. The van der Waals surface area contributed by atoms with E-state index < -0.39 is 0 Å². The van der Waals surface area contributed by atoms with Crippen molar-refractivity contribution in [2.45, 2.75) is 19.8 Å². The van der Waals surface area contributed by atoms with E-state index in [9.17, 15) is 0 Å². The van der Waals surface area contributed by atoms with Gasteiger partial charge in [-0.2, -0.15) is 0 Å². The van der Waals surface area contributed by atoms with E-state index in [4.69, 9.17) is 5.73 Å². The van der Waals surface area contributed by atoms with Gasteiger partial charge in [-0.3, -0.25) is 0 Å². The molecule has 0 fully saturated rings. The van der Waals surface area contributed by atoms with E-state index in [1.54, 1.807) is 6.33 Å².